The number of para-hydroxylation sites is 1. The molecule has 0 heterocycles. The average molecular weight is 325 g/mol. The second-order valence-electron chi connectivity index (χ2n) is 5.03. The molecule has 6 heteroatoms. The molecule has 0 spiro atoms. The normalized spacial score (nSPS) is 10.4. The van der Waals surface area contributed by atoms with Crippen LogP contribution >= 0.6 is 0 Å². The van der Waals surface area contributed by atoms with Crippen LogP contribution in [-0.2, 0) is 4.79 Å². The molecule has 0 saturated carbocycles. The highest BCUT2D eigenvalue weighted by Gasteiger charge is 2.09. The highest BCUT2D eigenvalue weighted by Crippen LogP contribution is 2.14. The molecule has 24 heavy (non-hydrogen) atoms. The minimum atomic E-state index is -0.414. The van der Waals surface area contributed by atoms with E-state index in [2.05, 4.69) is 15.8 Å². The van der Waals surface area contributed by atoms with E-state index >= 15 is 0 Å². The van der Waals surface area contributed by atoms with Gasteiger partial charge in [-0.05, 0) is 30.7 Å². The van der Waals surface area contributed by atoms with E-state index in [-0.39, 0.29) is 12.5 Å². The molecule has 6 nitrogen and oxygen atoms in total. The fraction of sp³-hybridized carbons (Fsp3) is 0.167. The Labute approximate surface area is 140 Å². The molecule has 0 aliphatic rings. The lowest BCUT2D eigenvalue weighted by atomic mass is 10.1. The van der Waals surface area contributed by atoms with Gasteiger partial charge < -0.3 is 10.1 Å². The first-order valence-electron chi connectivity index (χ1n) is 7.40. The van der Waals surface area contributed by atoms with Crippen molar-refractivity contribution in [1.82, 2.24) is 10.7 Å². The highest BCUT2D eigenvalue weighted by atomic mass is 16.5. The van der Waals surface area contributed by atoms with Crippen molar-refractivity contribution in [2.24, 2.45) is 5.10 Å². The molecule has 0 unspecified atom stereocenters. The maximum Gasteiger partial charge on any atom is 0.259 e. The van der Waals surface area contributed by atoms with Gasteiger partial charge in [0.2, 0.25) is 0 Å². The van der Waals surface area contributed by atoms with Crippen molar-refractivity contribution in [3.05, 3.63) is 65.2 Å². The fourth-order valence-electron chi connectivity index (χ4n) is 2.07. The molecule has 0 aromatic heterocycles. The molecule has 0 aliphatic carbocycles. The Balaban J connectivity index is 1.84. The molecule has 0 aliphatic heterocycles. The van der Waals surface area contributed by atoms with Gasteiger partial charge in [-0.3, -0.25) is 9.59 Å². The van der Waals surface area contributed by atoms with E-state index in [0.717, 1.165) is 11.1 Å². The lowest BCUT2D eigenvalue weighted by Crippen LogP contribution is -2.35. The number of carbonyl (C=O) groups is 2. The molecule has 0 fully saturated rings. The summed E-state index contributed by atoms with van der Waals surface area (Å²) in [7, 11) is 1.56. The van der Waals surface area contributed by atoms with Gasteiger partial charge in [0.25, 0.3) is 11.8 Å². The lowest BCUT2D eigenvalue weighted by molar-refractivity contribution is -0.120. The van der Waals surface area contributed by atoms with Crippen LogP contribution < -0.4 is 15.5 Å². The van der Waals surface area contributed by atoms with Gasteiger partial charge in [0.1, 0.15) is 5.75 Å². The number of amides is 2. The summed E-state index contributed by atoms with van der Waals surface area (Å²) >= 11 is 0. The number of aryl methyl sites for hydroxylation is 1. The second-order valence-corrected chi connectivity index (χ2v) is 5.03. The van der Waals surface area contributed by atoms with Crippen LogP contribution in [0.2, 0.25) is 0 Å². The molecule has 2 aromatic carbocycles. The number of hydrogen-bond donors (Lipinski definition) is 2. The average Bonchev–Trinajstić information content (AvgIpc) is 2.60. The number of carbonyl (C=O) groups excluding carboxylic acids is 2. The van der Waals surface area contributed by atoms with E-state index in [4.69, 9.17) is 4.74 Å². The molecule has 124 valence electrons. The summed E-state index contributed by atoms with van der Waals surface area (Å²) in [4.78, 5) is 23.7. The first-order chi connectivity index (χ1) is 11.6. The Morgan fingerprint density at radius 3 is 2.58 bits per heavy atom. The van der Waals surface area contributed by atoms with Gasteiger partial charge in [0.05, 0.1) is 19.9 Å². The molecular formula is C18H19N3O3. The zero-order valence-electron chi connectivity index (χ0n) is 13.6. The van der Waals surface area contributed by atoms with Gasteiger partial charge in [-0.2, -0.15) is 5.10 Å². The van der Waals surface area contributed by atoms with E-state index in [0.29, 0.717) is 11.3 Å². The Bertz CT molecular complexity index is 757. The van der Waals surface area contributed by atoms with Gasteiger partial charge in [-0.1, -0.05) is 30.3 Å². The summed E-state index contributed by atoms with van der Waals surface area (Å²) in [5.74, 6) is -0.0524. The van der Waals surface area contributed by atoms with Crippen LogP contribution in [0.25, 0.3) is 0 Å². The number of ether oxygens (including phenoxy) is 1. The first-order valence-corrected chi connectivity index (χ1v) is 7.40. The predicted molar refractivity (Wildman–Crippen MR) is 92.2 cm³/mol. The number of benzene rings is 2. The number of rotatable bonds is 6. The van der Waals surface area contributed by atoms with Crippen molar-refractivity contribution >= 4 is 18.0 Å². The second kappa shape index (κ2) is 8.47. The fourth-order valence-corrected chi connectivity index (χ4v) is 2.07. The van der Waals surface area contributed by atoms with Crippen LogP contribution in [0.3, 0.4) is 0 Å². The third-order valence-corrected chi connectivity index (χ3v) is 3.33. The molecule has 0 bridgehead atoms. The smallest absolute Gasteiger partial charge is 0.259 e. The summed E-state index contributed by atoms with van der Waals surface area (Å²) in [6, 6.07) is 14.5. The van der Waals surface area contributed by atoms with Gasteiger partial charge >= 0.3 is 0 Å². The van der Waals surface area contributed by atoms with E-state index in [9.17, 15) is 9.59 Å². The Morgan fingerprint density at radius 2 is 1.83 bits per heavy atom. The Kier molecular flexibility index (Phi) is 6.08. The molecule has 0 radical (unpaired) electrons. The highest BCUT2D eigenvalue weighted by molar-refractivity contribution is 5.97. The van der Waals surface area contributed by atoms with Gasteiger partial charge in [0, 0.05) is 11.1 Å². The van der Waals surface area contributed by atoms with Crippen LogP contribution in [0, 0.1) is 6.92 Å². The quantitative estimate of drug-likeness (QED) is 0.629. The third-order valence-electron chi connectivity index (χ3n) is 3.33. The Hall–Kier alpha value is -3.15. The van der Waals surface area contributed by atoms with Crippen LogP contribution in [0.1, 0.15) is 21.5 Å². The summed E-state index contributed by atoms with van der Waals surface area (Å²) < 4.78 is 5.18. The van der Waals surface area contributed by atoms with Crippen molar-refractivity contribution in [3.8, 4) is 5.75 Å². The minimum Gasteiger partial charge on any atom is -0.496 e. The first kappa shape index (κ1) is 17.2. The van der Waals surface area contributed by atoms with Crippen molar-refractivity contribution in [2.45, 2.75) is 6.92 Å². The number of nitrogens with zero attached hydrogens (tertiary/aromatic N) is 1. The van der Waals surface area contributed by atoms with Crippen LogP contribution in [0.5, 0.6) is 5.75 Å². The zero-order chi connectivity index (χ0) is 17.4. The number of hydrogen-bond acceptors (Lipinski definition) is 4. The van der Waals surface area contributed by atoms with Gasteiger partial charge in [-0.25, -0.2) is 5.43 Å². The van der Waals surface area contributed by atoms with Crippen LogP contribution in [0.15, 0.2) is 53.6 Å². The van der Waals surface area contributed by atoms with E-state index in [1.165, 1.54) is 6.21 Å². The molecule has 2 amide bonds. The summed E-state index contributed by atoms with van der Waals surface area (Å²) in [5.41, 5.74) is 4.50. The van der Waals surface area contributed by atoms with Crippen LogP contribution in [0.4, 0.5) is 0 Å². The van der Waals surface area contributed by atoms with Crippen molar-refractivity contribution in [3.63, 3.8) is 0 Å². The van der Waals surface area contributed by atoms with E-state index in [1.807, 2.05) is 37.3 Å². The van der Waals surface area contributed by atoms with Crippen molar-refractivity contribution < 1.29 is 14.3 Å². The van der Waals surface area contributed by atoms with Crippen molar-refractivity contribution in [1.29, 1.82) is 0 Å². The van der Waals surface area contributed by atoms with Gasteiger partial charge in [0.15, 0.2) is 0 Å². The maximum absolute atomic E-state index is 12.0. The molecular weight excluding hydrogens is 306 g/mol. The number of methoxy groups -OCH3 is 1. The topological polar surface area (TPSA) is 79.8 Å². The largest absolute Gasteiger partial charge is 0.496 e. The monoisotopic (exact) mass is 325 g/mol. The molecule has 2 rings (SSSR count). The lowest BCUT2D eigenvalue weighted by Gasteiger charge is -2.06. The SMILES string of the molecule is COc1ccccc1/C=N/NC(=O)CNC(=O)c1ccccc1C. The maximum atomic E-state index is 12.0. The van der Waals surface area contributed by atoms with Crippen molar-refractivity contribution in [2.75, 3.05) is 13.7 Å². The number of nitrogens with one attached hydrogen (secondary N) is 2. The standard InChI is InChI=1S/C18H19N3O3/c1-13-7-3-5-9-15(13)18(23)19-12-17(22)21-20-11-14-8-4-6-10-16(14)24-2/h3-11H,12H2,1-2H3,(H,19,23)(H,21,22)/b20-11+. The van der Waals surface area contributed by atoms with Gasteiger partial charge in [-0.15, -0.1) is 0 Å². The van der Waals surface area contributed by atoms with E-state index < -0.39 is 5.91 Å². The molecule has 2 aromatic rings. The van der Waals surface area contributed by atoms with Crippen LogP contribution in [-0.4, -0.2) is 31.7 Å². The summed E-state index contributed by atoms with van der Waals surface area (Å²) in [6.07, 6.45) is 1.49. The molecule has 2 N–H and O–H groups in total. The summed E-state index contributed by atoms with van der Waals surface area (Å²) in [6.45, 7) is 1.68. The summed E-state index contributed by atoms with van der Waals surface area (Å²) in [5, 5.41) is 6.42. The zero-order valence-corrected chi connectivity index (χ0v) is 13.6. The predicted octanol–water partition coefficient (Wildman–Crippen LogP) is 1.88. The third kappa shape index (κ3) is 4.67. The molecule has 0 saturated heterocycles. The van der Waals surface area contributed by atoms with E-state index in [1.54, 1.807) is 25.3 Å². The number of hydrazone groups is 1. The molecule has 0 atom stereocenters. The Morgan fingerprint density at radius 1 is 1.12 bits per heavy atom. The minimum absolute atomic E-state index is 0.156.